The van der Waals surface area contributed by atoms with Gasteiger partial charge in [0.05, 0.1) is 19.5 Å². The summed E-state index contributed by atoms with van der Waals surface area (Å²) in [6.45, 7) is 1.76. The first kappa shape index (κ1) is 12.6. The fourth-order valence-electron chi connectivity index (χ4n) is 1.93. The third-order valence-electron chi connectivity index (χ3n) is 2.93. The molecule has 1 atom stereocenters. The topological polar surface area (TPSA) is 42.6 Å². The van der Waals surface area contributed by atoms with Gasteiger partial charge in [0.25, 0.3) is 0 Å². The lowest BCUT2D eigenvalue weighted by atomic mass is 10.0. The van der Waals surface area contributed by atoms with Crippen LogP contribution >= 0.6 is 0 Å². The summed E-state index contributed by atoms with van der Waals surface area (Å²) in [5, 5.41) is 10.1. The maximum Gasteiger partial charge on any atom is 0.168 e. The fourth-order valence-corrected chi connectivity index (χ4v) is 1.93. The second-order valence-electron chi connectivity index (χ2n) is 4.09. The van der Waals surface area contributed by atoms with Crippen LogP contribution in [0, 0.1) is 12.7 Å². The van der Waals surface area contributed by atoms with Crippen LogP contribution in [0.1, 0.15) is 23.0 Å². The molecule has 1 aromatic carbocycles. The summed E-state index contributed by atoms with van der Waals surface area (Å²) in [7, 11) is 1.42. The zero-order chi connectivity index (χ0) is 13.1. The fraction of sp³-hybridized carbons (Fsp3) is 0.286. The number of furan rings is 1. The third kappa shape index (κ3) is 2.38. The first-order chi connectivity index (χ1) is 8.63. The lowest BCUT2D eigenvalue weighted by Crippen LogP contribution is -2.04. The number of aliphatic hydroxyl groups is 1. The molecule has 0 spiro atoms. The Bertz CT molecular complexity index is 534. The molecule has 4 heteroatoms. The van der Waals surface area contributed by atoms with Gasteiger partial charge in [0.15, 0.2) is 11.6 Å². The van der Waals surface area contributed by atoms with Gasteiger partial charge in [-0.1, -0.05) is 12.1 Å². The molecule has 1 unspecified atom stereocenters. The molecular weight excluding hydrogens is 235 g/mol. The zero-order valence-electron chi connectivity index (χ0n) is 10.3. The van der Waals surface area contributed by atoms with Crippen LogP contribution in [0.15, 0.2) is 34.9 Å². The Kier molecular flexibility index (Phi) is 3.67. The van der Waals surface area contributed by atoms with Crippen LogP contribution in [0.2, 0.25) is 0 Å². The van der Waals surface area contributed by atoms with Crippen molar-refractivity contribution in [2.24, 2.45) is 0 Å². The minimum absolute atomic E-state index is 0.184. The van der Waals surface area contributed by atoms with Gasteiger partial charge in [-0.25, -0.2) is 4.39 Å². The van der Waals surface area contributed by atoms with E-state index in [1.54, 1.807) is 31.2 Å². The number of aryl methyl sites for hydroxylation is 1. The normalized spacial score (nSPS) is 12.4. The van der Waals surface area contributed by atoms with Crippen LogP contribution < -0.4 is 4.74 Å². The van der Waals surface area contributed by atoms with Crippen molar-refractivity contribution in [2.45, 2.75) is 19.4 Å². The first-order valence-corrected chi connectivity index (χ1v) is 5.67. The van der Waals surface area contributed by atoms with Gasteiger partial charge in [-0.3, -0.25) is 0 Å². The summed E-state index contributed by atoms with van der Waals surface area (Å²) in [5.41, 5.74) is 1.10. The van der Waals surface area contributed by atoms with Crippen LogP contribution in [-0.4, -0.2) is 12.2 Å². The molecule has 96 valence electrons. The molecule has 1 N–H and O–H groups in total. The van der Waals surface area contributed by atoms with E-state index in [4.69, 9.17) is 9.15 Å². The van der Waals surface area contributed by atoms with Gasteiger partial charge < -0.3 is 14.3 Å². The van der Waals surface area contributed by atoms with E-state index < -0.39 is 11.9 Å². The van der Waals surface area contributed by atoms with Gasteiger partial charge in [-0.15, -0.1) is 0 Å². The number of aliphatic hydroxyl groups excluding tert-OH is 1. The highest BCUT2D eigenvalue weighted by molar-refractivity contribution is 5.32. The number of halogens is 1. The molecule has 18 heavy (non-hydrogen) atoms. The van der Waals surface area contributed by atoms with Gasteiger partial charge in [0.1, 0.15) is 5.76 Å². The van der Waals surface area contributed by atoms with E-state index in [2.05, 4.69) is 0 Å². The van der Waals surface area contributed by atoms with Gasteiger partial charge >= 0.3 is 0 Å². The average molecular weight is 250 g/mol. The van der Waals surface area contributed by atoms with Crippen molar-refractivity contribution < 1.29 is 18.7 Å². The second kappa shape index (κ2) is 5.23. The molecule has 0 amide bonds. The molecule has 0 aliphatic carbocycles. The Morgan fingerprint density at radius 1 is 1.39 bits per heavy atom. The highest BCUT2D eigenvalue weighted by atomic mass is 19.1. The summed E-state index contributed by atoms with van der Waals surface area (Å²) in [4.78, 5) is 0. The van der Waals surface area contributed by atoms with Crippen LogP contribution in [0.3, 0.4) is 0 Å². The van der Waals surface area contributed by atoms with E-state index in [1.807, 2.05) is 0 Å². The average Bonchev–Trinajstić information content (AvgIpc) is 2.78. The summed E-state index contributed by atoms with van der Waals surface area (Å²) >= 11 is 0. The number of rotatable bonds is 4. The Labute approximate surface area is 105 Å². The quantitative estimate of drug-likeness (QED) is 0.907. The molecule has 3 nitrogen and oxygen atoms in total. The Morgan fingerprint density at radius 3 is 2.78 bits per heavy atom. The second-order valence-corrected chi connectivity index (χ2v) is 4.09. The highest BCUT2D eigenvalue weighted by Gasteiger charge is 2.17. The molecule has 0 radical (unpaired) electrons. The maximum absolute atomic E-state index is 13.9. The van der Waals surface area contributed by atoms with Crippen molar-refractivity contribution in [3.05, 3.63) is 53.2 Å². The standard InChI is InChI=1S/C14H15FO3/c1-9-11(6-7-18-9)12(16)8-10-4-3-5-13(17-2)14(10)15/h3-7,12,16H,8H2,1-2H3. The van der Waals surface area contributed by atoms with Crippen molar-refractivity contribution in [1.29, 1.82) is 0 Å². The van der Waals surface area contributed by atoms with E-state index in [0.717, 1.165) is 0 Å². The molecule has 0 saturated carbocycles. The predicted octanol–water partition coefficient (Wildman–Crippen LogP) is 3.01. The highest BCUT2D eigenvalue weighted by Crippen LogP contribution is 2.26. The maximum atomic E-state index is 13.9. The van der Waals surface area contributed by atoms with Gasteiger partial charge in [-0.2, -0.15) is 0 Å². The lowest BCUT2D eigenvalue weighted by Gasteiger charge is -2.12. The molecule has 2 rings (SSSR count). The molecule has 1 aromatic heterocycles. The lowest BCUT2D eigenvalue weighted by molar-refractivity contribution is 0.175. The van der Waals surface area contributed by atoms with Crippen LogP contribution in [0.4, 0.5) is 4.39 Å². The number of benzene rings is 1. The molecule has 1 heterocycles. The van der Waals surface area contributed by atoms with Gasteiger partial charge in [0.2, 0.25) is 0 Å². The largest absolute Gasteiger partial charge is 0.494 e. The minimum Gasteiger partial charge on any atom is -0.494 e. The smallest absolute Gasteiger partial charge is 0.168 e. The Morgan fingerprint density at radius 2 is 2.17 bits per heavy atom. The SMILES string of the molecule is COc1cccc(CC(O)c2ccoc2C)c1F. The molecular formula is C14H15FO3. The van der Waals surface area contributed by atoms with Crippen LogP contribution in [-0.2, 0) is 6.42 Å². The Hall–Kier alpha value is -1.81. The molecule has 2 aromatic rings. The van der Waals surface area contributed by atoms with Crippen LogP contribution in [0.25, 0.3) is 0 Å². The van der Waals surface area contributed by atoms with E-state index in [9.17, 15) is 9.50 Å². The third-order valence-corrected chi connectivity index (χ3v) is 2.93. The van der Waals surface area contributed by atoms with E-state index >= 15 is 0 Å². The Balaban J connectivity index is 2.22. The summed E-state index contributed by atoms with van der Waals surface area (Å²) in [5.74, 6) is 0.398. The van der Waals surface area contributed by atoms with Crippen molar-refractivity contribution >= 4 is 0 Å². The summed E-state index contributed by atoms with van der Waals surface area (Å²) < 4.78 is 23.9. The van der Waals surface area contributed by atoms with Gasteiger partial charge in [0, 0.05) is 12.0 Å². The number of hydrogen-bond acceptors (Lipinski definition) is 3. The predicted molar refractivity (Wildman–Crippen MR) is 65.1 cm³/mol. The summed E-state index contributed by atoms with van der Waals surface area (Å²) in [6, 6.07) is 6.58. The summed E-state index contributed by atoms with van der Waals surface area (Å²) in [6.07, 6.45) is 0.907. The first-order valence-electron chi connectivity index (χ1n) is 5.67. The van der Waals surface area contributed by atoms with E-state index in [0.29, 0.717) is 16.9 Å². The van der Waals surface area contributed by atoms with Crippen LogP contribution in [0.5, 0.6) is 5.75 Å². The molecule has 0 aliphatic heterocycles. The van der Waals surface area contributed by atoms with E-state index in [-0.39, 0.29) is 12.2 Å². The monoisotopic (exact) mass is 250 g/mol. The molecule has 0 bridgehead atoms. The van der Waals surface area contributed by atoms with Crippen molar-refractivity contribution in [3.8, 4) is 5.75 Å². The number of ether oxygens (including phenoxy) is 1. The van der Waals surface area contributed by atoms with E-state index in [1.165, 1.54) is 13.4 Å². The van der Waals surface area contributed by atoms with Crippen molar-refractivity contribution in [1.82, 2.24) is 0 Å². The number of methoxy groups -OCH3 is 1. The van der Waals surface area contributed by atoms with Crippen molar-refractivity contribution in [3.63, 3.8) is 0 Å². The van der Waals surface area contributed by atoms with Crippen molar-refractivity contribution in [2.75, 3.05) is 7.11 Å². The molecule has 0 saturated heterocycles. The van der Waals surface area contributed by atoms with Gasteiger partial charge in [-0.05, 0) is 24.6 Å². The zero-order valence-corrected chi connectivity index (χ0v) is 10.3. The minimum atomic E-state index is -0.787. The molecule has 0 aliphatic rings. The number of hydrogen-bond donors (Lipinski definition) is 1. The molecule has 0 fully saturated rings.